The van der Waals surface area contributed by atoms with Crippen LogP contribution in [-0.2, 0) is 4.79 Å². The highest BCUT2D eigenvalue weighted by molar-refractivity contribution is 5.82. The van der Waals surface area contributed by atoms with E-state index in [-0.39, 0.29) is 11.9 Å². The van der Waals surface area contributed by atoms with Crippen LogP contribution < -0.4 is 5.73 Å². The molecule has 2 N–H and O–H groups in total. The van der Waals surface area contributed by atoms with Gasteiger partial charge in [0.05, 0.1) is 6.04 Å². The predicted octanol–water partition coefficient (Wildman–Crippen LogP) is -1.01. The molecule has 1 fully saturated rings. The van der Waals surface area contributed by atoms with Gasteiger partial charge in [-0.1, -0.05) is 0 Å². The average molecular weight is 113 g/mol. The standard InChI is InChI=1S/C5H9N2O/c1-7-3-2-4(7)5(6)8/h2,4H,3H2,1H3,(H2,6,8). The summed E-state index contributed by atoms with van der Waals surface area (Å²) >= 11 is 0. The summed E-state index contributed by atoms with van der Waals surface area (Å²) in [5.74, 6) is -0.251. The van der Waals surface area contributed by atoms with Gasteiger partial charge in [-0.3, -0.25) is 9.69 Å². The van der Waals surface area contributed by atoms with Crippen molar-refractivity contribution in [2.24, 2.45) is 5.73 Å². The molecular weight excluding hydrogens is 104 g/mol. The molecule has 1 atom stereocenters. The summed E-state index contributed by atoms with van der Waals surface area (Å²) < 4.78 is 0. The van der Waals surface area contributed by atoms with E-state index in [1.165, 1.54) is 0 Å². The molecular formula is C5H9N2O. The number of carbonyl (C=O) groups is 1. The van der Waals surface area contributed by atoms with Crippen LogP contribution in [0, 0.1) is 6.42 Å². The average Bonchev–Trinajstić information content (AvgIpc) is 1.61. The largest absolute Gasteiger partial charge is 0.368 e. The van der Waals surface area contributed by atoms with Gasteiger partial charge in [0.2, 0.25) is 5.91 Å². The molecule has 1 unspecified atom stereocenters. The van der Waals surface area contributed by atoms with Crippen molar-refractivity contribution >= 4 is 5.91 Å². The number of likely N-dealkylation sites (N-methyl/N-ethyl adjacent to an activating group) is 1. The van der Waals surface area contributed by atoms with Gasteiger partial charge in [-0.2, -0.15) is 0 Å². The van der Waals surface area contributed by atoms with Gasteiger partial charge < -0.3 is 5.73 Å². The Morgan fingerprint density at radius 3 is 2.62 bits per heavy atom. The van der Waals surface area contributed by atoms with Crippen molar-refractivity contribution in [2.45, 2.75) is 6.04 Å². The third-order valence-corrected chi connectivity index (χ3v) is 1.38. The molecule has 8 heavy (non-hydrogen) atoms. The second-order valence-corrected chi connectivity index (χ2v) is 2.02. The lowest BCUT2D eigenvalue weighted by Crippen LogP contribution is -2.53. The summed E-state index contributed by atoms with van der Waals surface area (Å²) in [6.07, 6.45) is 1.89. The number of rotatable bonds is 1. The van der Waals surface area contributed by atoms with E-state index in [4.69, 9.17) is 5.73 Å². The molecule has 0 spiro atoms. The van der Waals surface area contributed by atoms with E-state index >= 15 is 0 Å². The molecule has 45 valence electrons. The molecule has 1 heterocycles. The first-order chi connectivity index (χ1) is 3.72. The van der Waals surface area contributed by atoms with Crippen molar-refractivity contribution in [3.05, 3.63) is 6.42 Å². The number of likely N-dealkylation sites (tertiary alicyclic amines) is 1. The number of amides is 1. The second-order valence-electron chi connectivity index (χ2n) is 2.02. The van der Waals surface area contributed by atoms with E-state index in [9.17, 15) is 4.79 Å². The lowest BCUT2D eigenvalue weighted by atomic mass is 10.0. The van der Waals surface area contributed by atoms with Gasteiger partial charge in [0.15, 0.2) is 0 Å². The molecule has 0 aromatic rings. The maximum Gasteiger partial charge on any atom is 0.235 e. The summed E-state index contributed by atoms with van der Waals surface area (Å²) in [5.41, 5.74) is 4.98. The SMILES string of the molecule is CN1C[CH]C1C(N)=O. The van der Waals surface area contributed by atoms with Crippen LogP contribution in [-0.4, -0.2) is 30.4 Å². The van der Waals surface area contributed by atoms with E-state index in [1.807, 2.05) is 18.4 Å². The Labute approximate surface area is 48.5 Å². The van der Waals surface area contributed by atoms with Gasteiger partial charge in [0.25, 0.3) is 0 Å². The van der Waals surface area contributed by atoms with Crippen LogP contribution in [0.1, 0.15) is 0 Å². The maximum absolute atomic E-state index is 10.3. The zero-order valence-electron chi connectivity index (χ0n) is 4.79. The molecule has 1 rings (SSSR count). The maximum atomic E-state index is 10.3. The highest BCUT2D eigenvalue weighted by Gasteiger charge is 2.28. The number of nitrogens with zero attached hydrogens (tertiary/aromatic N) is 1. The lowest BCUT2D eigenvalue weighted by molar-refractivity contribution is -0.123. The fraction of sp³-hybridized carbons (Fsp3) is 0.600. The van der Waals surface area contributed by atoms with Crippen molar-refractivity contribution < 1.29 is 4.79 Å². The van der Waals surface area contributed by atoms with Crippen LogP contribution in [0.25, 0.3) is 0 Å². The molecule has 1 aliphatic heterocycles. The van der Waals surface area contributed by atoms with Crippen molar-refractivity contribution in [1.82, 2.24) is 4.90 Å². The number of hydrogen-bond acceptors (Lipinski definition) is 2. The van der Waals surface area contributed by atoms with Gasteiger partial charge in [-0.05, 0) is 7.05 Å². The van der Waals surface area contributed by atoms with Crippen molar-refractivity contribution in [1.29, 1.82) is 0 Å². The number of hydrogen-bond donors (Lipinski definition) is 1. The summed E-state index contributed by atoms with van der Waals surface area (Å²) in [7, 11) is 1.87. The van der Waals surface area contributed by atoms with Crippen molar-refractivity contribution in [2.75, 3.05) is 13.6 Å². The van der Waals surface area contributed by atoms with Gasteiger partial charge in [-0.15, -0.1) is 0 Å². The minimum absolute atomic E-state index is 0.102. The highest BCUT2D eigenvalue weighted by Crippen LogP contribution is 2.10. The molecule has 0 bridgehead atoms. The summed E-state index contributed by atoms with van der Waals surface area (Å²) in [5, 5.41) is 0. The predicted molar refractivity (Wildman–Crippen MR) is 29.9 cm³/mol. The Kier molecular flexibility index (Phi) is 1.21. The number of primary amides is 1. The lowest BCUT2D eigenvalue weighted by Gasteiger charge is -2.34. The zero-order chi connectivity index (χ0) is 6.15. The molecule has 1 aliphatic rings. The Morgan fingerprint density at radius 2 is 2.62 bits per heavy atom. The molecule has 1 radical (unpaired) electrons. The molecule has 3 heteroatoms. The molecule has 0 saturated carbocycles. The topological polar surface area (TPSA) is 46.3 Å². The number of nitrogens with two attached hydrogens (primary N) is 1. The Balaban J connectivity index is 2.37. The van der Waals surface area contributed by atoms with Gasteiger partial charge in [-0.25, -0.2) is 0 Å². The van der Waals surface area contributed by atoms with Crippen molar-refractivity contribution in [3.63, 3.8) is 0 Å². The minimum atomic E-state index is -0.251. The molecule has 3 nitrogen and oxygen atoms in total. The molecule has 1 amide bonds. The zero-order valence-corrected chi connectivity index (χ0v) is 4.79. The smallest absolute Gasteiger partial charge is 0.235 e. The Morgan fingerprint density at radius 1 is 2.00 bits per heavy atom. The quantitative estimate of drug-likeness (QED) is 0.473. The van der Waals surface area contributed by atoms with Crippen molar-refractivity contribution in [3.8, 4) is 0 Å². The first kappa shape index (κ1) is 5.56. The number of carbonyl (C=O) groups excluding carboxylic acids is 1. The normalized spacial score (nSPS) is 29.4. The van der Waals surface area contributed by atoms with Crippen LogP contribution in [0.3, 0.4) is 0 Å². The summed E-state index contributed by atoms with van der Waals surface area (Å²) in [6.45, 7) is 0.883. The summed E-state index contributed by atoms with van der Waals surface area (Å²) in [4.78, 5) is 12.2. The van der Waals surface area contributed by atoms with E-state index in [2.05, 4.69) is 0 Å². The summed E-state index contributed by atoms with van der Waals surface area (Å²) in [6, 6.07) is -0.102. The Hall–Kier alpha value is -0.570. The fourth-order valence-electron chi connectivity index (χ4n) is 0.755. The van der Waals surface area contributed by atoms with Gasteiger partial charge in [0.1, 0.15) is 0 Å². The first-order valence-electron chi connectivity index (χ1n) is 2.54. The Bertz CT molecular complexity index is 113. The molecule has 1 saturated heterocycles. The molecule has 0 aromatic heterocycles. The second kappa shape index (κ2) is 1.74. The van der Waals surface area contributed by atoms with E-state index in [1.54, 1.807) is 0 Å². The van der Waals surface area contributed by atoms with Gasteiger partial charge >= 0.3 is 0 Å². The third-order valence-electron chi connectivity index (χ3n) is 1.38. The van der Waals surface area contributed by atoms with E-state index in [0.29, 0.717) is 0 Å². The van der Waals surface area contributed by atoms with Crippen LogP contribution >= 0.6 is 0 Å². The highest BCUT2D eigenvalue weighted by atomic mass is 16.1. The first-order valence-corrected chi connectivity index (χ1v) is 2.54. The molecule has 0 aromatic carbocycles. The minimum Gasteiger partial charge on any atom is -0.368 e. The van der Waals surface area contributed by atoms with Crippen LogP contribution in [0.2, 0.25) is 0 Å². The monoisotopic (exact) mass is 113 g/mol. The van der Waals surface area contributed by atoms with E-state index in [0.717, 1.165) is 6.54 Å². The molecule has 0 aliphatic carbocycles. The van der Waals surface area contributed by atoms with Gasteiger partial charge in [0, 0.05) is 13.0 Å². The van der Waals surface area contributed by atoms with Crippen LogP contribution in [0.5, 0.6) is 0 Å². The third kappa shape index (κ3) is 0.690. The fourth-order valence-corrected chi connectivity index (χ4v) is 0.755. The van der Waals surface area contributed by atoms with Crippen LogP contribution in [0.4, 0.5) is 0 Å². The van der Waals surface area contributed by atoms with Crippen LogP contribution in [0.15, 0.2) is 0 Å². The van der Waals surface area contributed by atoms with E-state index < -0.39 is 0 Å².